The minimum absolute atomic E-state index is 0.00491. The van der Waals surface area contributed by atoms with Crippen LogP contribution in [-0.4, -0.2) is 45.9 Å². The average molecular weight is 355 g/mol. The Morgan fingerprint density at radius 1 is 1.35 bits per heavy atom. The van der Waals surface area contributed by atoms with Crippen molar-refractivity contribution in [2.45, 2.75) is 38.0 Å². The zero-order chi connectivity index (χ0) is 17.9. The smallest absolute Gasteiger partial charge is 0.233 e. The SMILES string of the molecule is O=C(Nc1cccnc1N1CCC(CO)CC1)C1CCCc2cn[nH]c21. The van der Waals surface area contributed by atoms with Crippen LogP contribution < -0.4 is 10.2 Å². The number of carbonyl (C=O) groups excluding carboxylic acids is 1. The van der Waals surface area contributed by atoms with Crippen molar-refractivity contribution in [3.63, 3.8) is 0 Å². The van der Waals surface area contributed by atoms with E-state index < -0.39 is 0 Å². The number of hydrogen-bond acceptors (Lipinski definition) is 5. The molecule has 1 saturated heterocycles. The highest BCUT2D eigenvalue weighted by Gasteiger charge is 2.29. The Balaban J connectivity index is 1.50. The zero-order valence-corrected chi connectivity index (χ0v) is 14.8. The van der Waals surface area contributed by atoms with Gasteiger partial charge < -0.3 is 15.3 Å². The predicted molar refractivity (Wildman–Crippen MR) is 99.2 cm³/mol. The van der Waals surface area contributed by atoms with Crippen LogP contribution in [0.4, 0.5) is 11.5 Å². The lowest BCUT2D eigenvalue weighted by Crippen LogP contribution is -2.36. The van der Waals surface area contributed by atoms with Gasteiger partial charge in [0.15, 0.2) is 5.82 Å². The summed E-state index contributed by atoms with van der Waals surface area (Å²) in [6, 6.07) is 3.76. The third-order valence-corrected chi connectivity index (χ3v) is 5.57. The van der Waals surface area contributed by atoms with E-state index in [1.807, 2.05) is 18.3 Å². The summed E-state index contributed by atoms with van der Waals surface area (Å²) in [5.41, 5.74) is 2.85. The number of hydrogen-bond donors (Lipinski definition) is 3. The lowest BCUT2D eigenvalue weighted by molar-refractivity contribution is -0.118. The normalized spacial score (nSPS) is 20.7. The Morgan fingerprint density at radius 3 is 3.00 bits per heavy atom. The molecular weight excluding hydrogens is 330 g/mol. The van der Waals surface area contributed by atoms with Gasteiger partial charge in [-0.3, -0.25) is 9.89 Å². The molecule has 7 nitrogen and oxygen atoms in total. The number of piperidine rings is 1. The van der Waals surface area contributed by atoms with Gasteiger partial charge in [-0.1, -0.05) is 0 Å². The van der Waals surface area contributed by atoms with Gasteiger partial charge in [-0.15, -0.1) is 0 Å². The number of aliphatic hydroxyl groups is 1. The lowest BCUT2D eigenvalue weighted by atomic mass is 9.87. The molecule has 3 heterocycles. The molecular formula is C19H25N5O2. The van der Waals surface area contributed by atoms with Gasteiger partial charge in [0, 0.05) is 25.9 Å². The van der Waals surface area contributed by atoms with Gasteiger partial charge in [0.2, 0.25) is 5.91 Å². The number of aliphatic hydroxyl groups excluding tert-OH is 1. The summed E-state index contributed by atoms with van der Waals surface area (Å²) in [5, 5.41) is 19.5. The number of pyridine rings is 1. The number of H-pyrrole nitrogens is 1. The molecule has 1 atom stereocenters. The van der Waals surface area contributed by atoms with Gasteiger partial charge in [0.25, 0.3) is 0 Å². The van der Waals surface area contributed by atoms with E-state index in [-0.39, 0.29) is 18.4 Å². The van der Waals surface area contributed by atoms with Gasteiger partial charge in [-0.05, 0) is 55.7 Å². The molecule has 0 saturated carbocycles. The first-order chi connectivity index (χ1) is 12.8. The molecule has 1 unspecified atom stereocenters. The Kier molecular flexibility index (Phi) is 4.88. The summed E-state index contributed by atoms with van der Waals surface area (Å²) >= 11 is 0. The van der Waals surface area contributed by atoms with E-state index in [1.165, 1.54) is 0 Å². The number of anilines is 2. The molecule has 0 aromatic carbocycles. The number of nitrogens with zero attached hydrogens (tertiary/aromatic N) is 3. The number of aromatic amines is 1. The third kappa shape index (κ3) is 3.31. The highest BCUT2D eigenvalue weighted by molar-refractivity contribution is 5.98. The summed E-state index contributed by atoms with van der Waals surface area (Å²) < 4.78 is 0. The molecule has 2 aliphatic rings. The Hall–Kier alpha value is -2.41. The van der Waals surface area contributed by atoms with Crippen molar-refractivity contribution in [2.24, 2.45) is 5.92 Å². The highest BCUT2D eigenvalue weighted by Crippen LogP contribution is 2.33. The van der Waals surface area contributed by atoms with E-state index in [4.69, 9.17) is 0 Å². The van der Waals surface area contributed by atoms with Crippen LogP contribution in [0.3, 0.4) is 0 Å². The quantitative estimate of drug-likeness (QED) is 0.781. The molecule has 138 valence electrons. The van der Waals surface area contributed by atoms with E-state index in [2.05, 4.69) is 25.4 Å². The lowest BCUT2D eigenvalue weighted by Gasteiger charge is -2.33. The summed E-state index contributed by atoms with van der Waals surface area (Å²) in [6.45, 7) is 1.94. The van der Waals surface area contributed by atoms with Crippen LogP contribution >= 0.6 is 0 Å². The fraction of sp³-hybridized carbons (Fsp3) is 0.526. The predicted octanol–water partition coefficient (Wildman–Crippen LogP) is 2.07. The minimum Gasteiger partial charge on any atom is -0.396 e. The van der Waals surface area contributed by atoms with Crippen molar-refractivity contribution in [1.29, 1.82) is 0 Å². The van der Waals surface area contributed by atoms with E-state index in [1.54, 1.807) is 6.20 Å². The molecule has 2 aromatic heterocycles. The average Bonchev–Trinajstić information content (AvgIpc) is 3.17. The number of nitrogens with one attached hydrogen (secondary N) is 2. The minimum atomic E-state index is -0.186. The summed E-state index contributed by atoms with van der Waals surface area (Å²) in [7, 11) is 0. The van der Waals surface area contributed by atoms with Crippen LogP contribution in [0.5, 0.6) is 0 Å². The van der Waals surface area contributed by atoms with Gasteiger partial charge in [-0.2, -0.15) is 5.10 Å². The van der Waals surface area contributed by atoms with Crippen LogP contribution in [-0.2, 0) is 11.2 Å². The molecule has 0 spiro atoms. The topological polar surface area (TPSA) is 94.1 Å². The van der Waals surface area contributed by atoms with Crippen molar-refractivity contribution in [1.82, 2.24) is 15.2 Å². The number of carbonyl (C=O) groups is 1. The Bertz CT molecular complexity index is 767. The molecule has 1 aliphatic carbocycles. The van der Waals surface area contributed by atoms with Crippen LogP contribution in [0.1, 0.15) is 42.9 Å². The summed E-state index contributed by atoms with van der Waals surface area (Å²) in [4.78, 5) is 19.6. The van der Waals surface area contributed by atoms with E-state index in [0.29, 0.717) is 5.92 Å². The van der Waals surface area contributed by atoms with Crippen LogP contribution in [0.25, 0.3) is 0 Å². The van der Waals surface area contributed by atoms with Gasteiger partial charge >= 0.3 is 0 Å². The van der Waals surface area contributed by atoms with Crippen LogP contribution in [0.15, 0.2) is 24.5 Å². The highest BCUT2D eigenvalue weighted by atomic mass is 16.3. The molecule has 2 aromatic rings. The van der Waals surface area contributed by atoms with Gasteiger partial charge in [0.05, 0.1) is 23.5 Å². The second kappa shape index (κ2) is 7.45. The number of fused-ring (bicyclic) bond motifs is 1. The molecule has 3 N–H and O–H groups in total. The van der Waals surface area contributed by atoms with Crippen molar-refractivity contribution in [3.8, 4) is 0 Å². The molecule has 4 rings (SSSR count). The molecule has 0 bridgehead atoms. The maximum absolute atomic E-state index is 12.9. The van der Waals surface area contributed by atoms with Crippen LogP contribution in [0, 0.1) is 5.92 Å². The number of aromatic nitrogens is 3. The number of amides is 1. The first-order valence-corrected chi connectivity index (χ1v) is 9.40. The largest absolute Gasteiger partial charge is 0.396 e. The molecule has 26 heavy (non-hydrogen) atoms. The second-order valence-corrected chi connectivity index (χ2v) is 7.23. The van der Waals surface area contributed by atoms with E-state index in [0.717, 1.165) is 68.0 Å². The van der Waals surface area contributed by atoms with Gasteiger partial charge in [-0.25, -0.2) is 4.98 Å². The van der Waals surface area contributed by atoms with E-state index in [9.17, 15) is 9.90 Å². The second-order valence-electron chi connectivity index (χ2n) is 7.23. The molecule has 1 fully saturated rings. The molecule has 1 aliphatic heterocycles. The molecule has 7 heteroatoms. The number of aryl methyl sites for hydroxylation is 1. The monoisotopic (exact) mass is 355 g/mol. The maximum atomic E-state index is 12.9. The van der Waals surface area contributed by atoms with Gasteiger partial charge in [0.1, 0.15) is 0 Å². The van der Waals surface area contributed by atoms with Crippen molar-refractivity contribution < 1.29 is 9.90 Å². The van der Waals surface area contributed by atoms with Crippen LogP contribution in [0.2, 0.25) is 0 Å². The van der Waals surface area contributed by atoms with Crippen molar-refractivity contribution in [3.05, 3.63) is 35.8 Å². The third-order valence-electron chi connectivity index (χ3n) is 5.57. The Morgan fingerprint density at radius 2 is 2.19 bits per heavy atom. The molecule has 1 amide bonds. The zero-order valence-electron chi connectivity index (χ0n) is 14.8. The first-order valence-electron chi connectivity index (χ1n) is 9.40. The maximum Gasteiger partial charge on any atom is 0.233 e. The number of rotatable bonds is 4. The van der Waals surface area contributed by atoms with E-state index >= 15 is 0 Å². The summed E-state index contributed by atoms with van der Waals surface area (Å²) in [5.74, 6) is 0.996. The fourth-order valence-electron chi connectivity index (χ4n) is 4.02. The standard InChI is InChI=1S/C19H25N5O2/c25-12-13-6-9-24(10-7-13)18-16(5-2-8-20-18)22-19(26)15-4-1-3-14-11-21-23-17(14)15/h2,5,8,11,13,15,25H,1,3-4,6-7,9-10,12H2,(H,21,23)(H,22,26). The Labute approximate surface area is 152 Å². The van der Waals surface area contributed by atoms with Crippen molar-refractivity contribution in [2.75, 3.05) is 29.9 Å². The van der Waals surface area contributed by atoms with Crippen molar-refractivity contribution >= 4 is 17.4 Å². The molecule has 0 radical (unpaired) electrons. The first kappa shape index (κ1) is 17.0. The summed E-state index contributed by atoms with van der Waals surface area (Å²) in [6.07, 6.45) is 8.29. The fourth-order valence-corrected chi connectivity index (χ4v) is 4.02.